The van der Waals surface area contributed by atoms with E-state index in [1.807, 2.05) is 0 Å². The zero-order valence-electron chi connectivity index (χ0n) is 10.6. The molecule has 0 saturated heterocycles. The molecule has 20 heavy (non-hydrogen) atoms. The van der Waals surface area contributed by atoms with Crippen molar-refractivity contribution in [3.8, 4) is 11.5 Å². The van der Waals surface area contributed by atoms with Crippen molar-refractivity contribution in [3.05, 3.63) is 62.7 Å². The number of hydrogen-bond donors (Lipinski definition) is 0. The molecule has 0 amide bonds. The molecule has 0 aliphatic rings. The zero-order valence-corrected chi connectivity index (χ0v) is 12.1. The fourth-order valence-corrected chi connectivity index (χ4v) is 2.37. The van der Waals surface area contributed by atoms with Crippen molar-refractivity contribution in [2.75, 3.05) is 0 Å². The monoisotopic (exact) mass is 311 g/mol. The highest BCUT2D eigenvalue weighted by Gasteiger charge is 2.16. The van der Waals surface area contributed by atoms with Gasteiger partial charge in [0.2, 0.25) is 0 Å². The van der Waals surface area contributed by atoms with Crippen LogP contribution in [-0.2, 0) is 5.88 Å². The van der Waals surface area contributed by atoms with Crippen LogP contribution in [0.1, 0.15) is 11.1 Å². The summed E-state index contributed by atoms with van der Waals surface area (Å²) in [5.74, 6) is 1.10. The number of ether oxygens (including phenoxy) is 1. The Labute approximate surface area is 126 Å². The number of rotatable bonds is 4. The molecule has 6 heteroatoms. The van der Waals surface area contributed by atoms with E-state index in [2.05, 4.69) is 0 Å². The molecule has 0 aliphatic heterocycles. The summed E-state index contributed by atoms with van der Waals surface area (Å²) < 4.78 is 5.73. The van der Waals surface area contributed by atoms with Gasteiger partial charge in [-0.25, -0.2) is 0 Å². The number of nitrogens with zero attached hydrogens (tertiary/aromatic N) is 1. The molecule has 0 radical (unpaired) electrons. The fraction of sp³-hybridized carbons (Fsp3) is 0.143. The minimum atomic E-state index is -0.442. The van der Waals surface area contributed by atoms with Crippen LogP contribution in [-0.4, -0.2) is 4.92 Å². The second-order valence-corrected chi connectivity index (χ2v) is 4.78. The Balaban J connectivity index is 2.43. The van der Waals surface area contributed by atoms with E-state index in [4.69, 9.17) is 27.9 Å². The summed E-state index contributed by atoms with van der Waals surface area (Å²) in [6, 6.07) is 9.85. The maximum Gasteiger partial charge on any atom is 0.276 e. The van der Waals surface area contributed by atoms with E-state index in [0.29, 0.717) is 27.6 Å². The number of nitro benzene ring substituents is 1. The normalized spacial score (nSPS) is 10.3. The second kappa shape index (κ2) is 6.11. The van der Waals surface area contributed by atoms with Crippen LogP contribution in [0, 0.1) is 17.0 Å². The van der Waals surface area contributed by atoms with Crippen LogP contribution in [0.5, 0.6) is 11.5 Å². The summed E-state index contributed by atoms with van der Waals surface area (Å²) >= 11 is 11.9. The Morgan fingerprint density at radius 1 is 1.20 bits per heavy atom. The zero-order chi connectivity index (χ0) is 14.7. The largest absolute Gasteiger partial charge is 0.456 e. The topological polar surface area (TPSA) is 52.4 Å². The molecule has 0 atom stereocenters. The first kappa shape index (κ1) is 14.6. The summed E-state index contributed by atoms with van der Waals surface area (Å²) in [6.07, 6.45) is 0. The van der Waals surface area contributed by atoms with Crippen LogP contribution < -0.4 is 4.74 Å². The SMILES string of the molecule is Cc1c(Oc2cccc(Cl)c2CCl)cccc1[N+](=O)[O-]. The molecule has 0 spiro atoms. The summed E-state index contributed by atoms with van der Waals surface area (Å²) in [6.45, 7) is 1.64. The number of nitro groups is 1. The first-order valence-electron chi connectivity index (χ1n) is 5.79. The van der Waals surface area contributed by atoms with Gasteiger partial charge in [0.25, 0.3) is 5.69 Å². The van der Waals surface area contributed by atoms with Gasteiger partial charge in [0.1, 0.15) is 11.5 Å². The Morgan fingerprint density at radius 3 is 2.50 bits per heavy atom. The molecular weight excluding hydrogens is 301 g/mol. The van der Waals surface area contributed by atoms with Gasteiger partial charge < -0.3 is 4.74 Å². The third-order valence-electron chi connectivity index (χ3n) is 2.88. The van der Waals surface area contributed by atoms with E-state index in [0.717, 1.165) is 0 Å². The van der Waals surface area contributed by atoms with E-state index in [1.165, 1.54) is 6.07 Å². The minimum Gasteiger partial charge on any atom is -0.456 e. The molecule has 2 aromatic rings. The van der Waals surface area contributed by atoms with Crippen LogP contribution >= 0.6 is 23.2 Å². The van der Waals surface area contributed by atoms with Crippen molar-refractivity contribution in [2.24, 2.45) is 0 Å². The molecule has 2 aromatic carbocycles. The van der Waals surface area contributed by atoms with Crippen molar-refractivity contribution in [3.63, 3.8) is 0 Å². The highest BCUT2D eigenvalue weighted by molar-refractivity contribution is 6.32. The van der Waals surface area contributed by atoms with Gasteiger partial charge >= 0.3 is 0 Å². The number of benzene rings is 2. The summed E-state index contributed by atoms with van der Waals surface area (Å²) in [7, 11) is 0. The van der Waals surface area contributed by atoms with Crippen molar-refractivity contribution >= 4 is 28.9 Å². The third-order valence-corrected chi connectivity index (χ3v) is 3.50. The van der Waals surface area contributed by atoms with Gasteiger partial charge in [-0.2, -0.15) is 0 Å². The second-order valence-electron chi connectivity index (χ2n) is 4.11. The smallest absolute Gasteiger partial charge is 0.276 e. The quantitative estimate of drug-likeness (QED) is 0.449. The standard InChI is InChI=1S/C14H11Cl2NO3/c1-9-12(17(18)19)5-3-6-13(9)20-14-7-2-4-11(16)10(14)8-15/h2-7H,8H2,1H3. The lowest BCUT2D eigenvalue weighted by Gasteiger charge is -2.12. The van der Waals surface area contributed by atoms with E-state index in [9.17, 15) is 10.1 Å². The maximum absolute atomic E-state index is 10.9. The van der Waals surface area contributed by atoms with Gasteiger partial charge in [-0.15, -0.1) is 11.6 Å². The molecule has 104 valence electrons. The van der Waals surface area contributed by atoms with Crippen molar-refractivity contribution in [2.45, 2.75) is 12.8 Å². The third kappa shape index (κ3) is 2.86. The van der Waals surface area contributed by atoms with Gasteiger partial charge in [0, 0.05) is 16.7 Å². The highest BCUT2D eigenvalue weighted by atomic mass is 35.5. The number of halogens is 2. The first-order valence-corrected chi connectivity index (χ1v) is 6.71. The van der Waals surface area contributed by atoms with Gasteiger partial charge in [-0.3, -0.25) is 10.1 Å². The average Bonchev–Trinajstić information content (AvgIpc) is 2.41. The van der Waals surface area contributed by atoms with Crippen LogP contribution in [0.15, 0.2) is 36.4 Å². The lowest BCUT2D eigenvalue weighted by Crippen LogP contribution is -1.96. The van der Waals surface area contributed by atoms with Gasteiger partial charge in [-0.1, -0.05) is 23.7 Å². The van der Waals surface area contributed by atoms with E-state index < -0.39 is 4.92 Å². The molecule has 0 heterocycles. The summed E-state index contributed by atoms with van der Waals surface area (Å²) in [4.78, 5) is 10.5. The summed E-state index contributed by atoms with van der Waals surface area (Å²) in [5, 5.41) is 11.4. The Hall–Kier alpha value is -1.78. The Bertz CT molecular complexity index is 659. The van der Waals surface area contributed by atoms with Gasteiger partial charge in [0.15, 0.2) is 0 Å². The van der Waals surface area contributed by atoms with E-state index in [-0.39, 0.29) is 11.6 Å². The van der Waals surface area contributed by atoms with Gasteiger partial charge in [-0.05, 0) is 25.1 Å². The molecule has 0 saturated carbocycles. The summed E-state index contributed by atoms with van der Waals surface area (Å²) in [5.41, 5.74) is 1.12. The molecular formula is C14H11Cl2NO3. The van der Waals surface area contributed by atoms with Crippen molar-refractivity contribution < 1.29 is 9.66 Å². The van der Waals surface area contributed by atoms with Crippen LogP contribution in [0.4, 0.5) is 5.69 Å². The fourth-order valence-electron chi connectivity index (χ4n) is 1.79. The molecule has 0 N–H and O–H groups in total. The molecule has 2 rings (SSSR count). The maximum atomic E-state index is 10.9. The molecule has 0 bridgehead atoms. The Kier molecular flexibility index (Phi) is 4.47. The van der Waals surface area contributed by atoms with Crippen molar-refractivity contribution in [1.29, 1.82) is 0 Å². The average molecular weight is 312 g/mol. The van der Waals surface area contributed by atoms with E-state index >= 15 is 0 Å². The lowest BCUT2D eigenvalue weighted by atomic mass is 10.1. The van der Waals surface area contributed by atoms with Crippen molar-refractivity contribution in [1.82, 2.24) is 0 Å². The Morgan fingerprint density at radius 2 is 1.85 bits per heavy atom. The predicted molar refractivity (Wildman–Crippen MR) is 78.9 cm³/mol. The van der Waals surface area contributed by atoms with Crippen LogP contribution in [0.3, 0.4) is 0 Å². The molecule has 4 nitrogen and oxygen atoms in total. The molecule has 0 unspecified atom stereocenters. The lowest BCUT2D eigenvalue weighted by molar-refractivity contribution is -0.385. The highest BCUT2D eigenvalue weighted by Crippen LogP contribution is 2.35. The number of alkyl halides is 1. The van der Waals surface area contributed by atoms with Crippen LogP contribution in [0.25, 0.3) is 0 Å². The van der Waals surface area contributed by atoms with Gasteiger partial charge in [0.05, 0.1) is 16.4 Å². The minimum absolute atomic E-state index is 0.0111. The van der Waals surface area contributed by atoms with E-state index in [1.54, 1.807) is 37.3 Å². The predicted octanol–water partition coefficient (Wildman–Crippen LogP) is 5.09. The first-order chi connectivity index (χ1) is 9.54. The van der Waals surface area contributed by atoms with Crippen LogP contribution in [0.2, 0.25) is 5.02 Å². The molecule has 0 fully saturated rings. The molecule has 0 aromatic heterocycles. The molecule has 0 aliphatic carbocycles. The number of hydrogen-bond acceptors (Lipinski definition) is 3.